The highest BCUT2D eigenvalue weighted by atomic mass is 16.5. The van der Waals surface area contributed by atoms with Crippen molar-refractivity contribution in [3.8, 4) is 0 Å². The van der Waals surface area contributed by atoms with Gasteiger partial charge in [-0.3, -0.25) is 0 Å². The van der Waals surface area contributed by atoms with E-state index in [9.17, 15) is 5.11 Å². The fourth-order valence-electron chi connectivity index (χ4n) is 1.91. The smallest absolute Gasteiger partial charge is 0.0610 e. The molecule has 0 fully saturated rings. The Bertz CT molecular complexity index is 185. The number of aliphatic hydroxyl groups is 1. The monoisotopic (exact) mass is 259 g/mol. The fraction of sp³-hybridized carbons (Fsp3) is 1.00. The van der Waals surface area contributed by atoms with Crippen molar-refractivity contribution in [2.45, 2.75) is 65.3 Å². The van der Waals surface area contributed by atoms with Crippen LogP contribution in [0.4, 0.5) is 0 Å². The van der Waals surface area contributed by atoms with Crippen LogP contribution < -0.4 is 5.32 Å². The molecule has 1 atom stereocenters. The van der Waals surface area contributed by atoms with Crippen molar-refractivity contribution in [1.29, 1.82) is 0 Å². The molecule has 0 aromatic heterocycles. The van der Waals surface area contributed by atoms with E-state index in [1.807, 2.05) is 0 Å². The summed E-state index contributed by atoms with van der Waals surface area (Å²) >= 11 is 0. The molecule has 0 spiro atoms. The third-order valence-electron chi connectivity index (χ3n) is 3.24. The number of hydrogen-bond acceptors (Lipinski definition) is 3. The Morgan fingerprint density at radius 2 is 1.89 bits per heavy atom. The maximum atomic E-state index is 9.41. The van der Waals surface area contributed by atoms with E-state index in [1.165, 1.54) is 6.42 Å². The minimum absolute atomic E-state index is 0.142. The molecule has 0 heterocycles. The number of aliphatic hydroxyl groups excluding tert-OH is 1. The van der Waals surface area contributed by atoms with Gasteiger partial charge in [0, 0.05) is 18.8 Å². The standard InChI is InChI=1S/C15H33NO2/c1-5-10-16-15(4,13-17)9-7-12-18-11-6-8-14(2)3/h14,16-17H,5-13H2,1-4H3. The SMILES string of the molecule is CCCNC(C)(CO)CCCOCCCC(C)C. The highest BCUT2D eigenvalue weighted by molar-refractivity contribution is 4.81. The summed E-state index contributed by atoms with van der Waals surface area (Å²) in [7, 11) is 0. The Morgan fingerprint density at radius 3 is 2.44 bits per heavy atom. The van der Waals surface area contributed by atoms with Crippen molar-refractivity contribution in [2.75, 3.05) is 26.4 Å². The number of rotatable bonds is 12. The summed E-state index contributed by atoms with van der Waals surface area (Å²) in [6.07, 6.45) is 5.47. The zero-order chi connectivity index (χ0) is 13.9. The van der Waals surface area contributed by atoms with Gasteiger partial charge in [-0.2, -0.15) is 0 Å². The normalized spacial score (nSPS) is 15.0. The average molecular weight is 259 g/mol. The molecule has 0 aliphatic heterocycles. The van der Waals surface area contributed by atoms with Gasteiger partial charge >= 0.3 is 0 Å². The Morgan fingerprint density at radius 1 is 1.22 bits per heavy atom. The summed E-state index contributed by atoms with van der Waals surface area (Å²) in [5.41, 5.74) is -0.142. The Hall–Kier alpha value is -0.120. The van der Waals surface area contributed by atoms with Crippen LogP contribution in [-0.4, -0.2) is 37.0 Å². The summed E-state index contributed by atoms with van der Waals surface area (Å²) in [4.78, 5) is 0. The zero-order valence-electron chi connectivity index (χ0n) is 12.8. The van der Waals surface area contributed by atoms with Gasteiger partial charge in [-0.05, 0) is 51.5 Å². The zero-order valence-corrected chi connectivity index (χ0v) is 12.8. The van der Waals surface area contributed by atoms with Crippen molar-refractivity contribution in [3.63, 3.8) is 0 Å². The van der Waals surface area contributed by atoms with Gasteiger partial charge in [0.1, 0.15) is 0 Å². The van der Waals surface area contributed by atoms with Crippen LogP contribution in [0.1, 0.15) is 59.8 Å². The second-order valence-corrected chi connectivity index (χ2v) is 5.90. The number of hydrogen-bond donors (Lipinski definition) is 2. The van der Waals surface area contributed by atoms with Crippen LogP contribution in [0, 0.1) is 5.92 Å². The second kappa shape index (κ2) is 10.8. The van der Waals surface area contributed by atoms with Crippen molar-refractivity contribution < 1.29 is 9.84 Å². The molecule has 18 heavy (non-hydrogen) atoms. The van der Waals surface area contributed by atoms with Crippen LogP contribution in [-0.2, 0) is 4.74 Å². The van der Waals surface area contributed by atoms with Crippen molar-refractivity contribution >= 4 is 0 Å². The third kappa shape index (κ3) is 9.86. The number of ether oxygens (including phenoxy) is 1. The third-order valence-corrected chi connectivity index (χ3v) is 3.24. The summed E-state index contributed by atoms with van der Waals surface area (Å²) < 4.78 is 5.62. The molecule has 0 radical (unpaired) electrons. The molecular formula is C15H33NO2. The lowest BCUT2D eigenvalue weighted by Gasteiger charge is -2.28. The van der Waals surface area contributed by atoms with E-state index < -0.39 is 0 Å². The van der Waals surface area contributed by atoms with Gasteiger partial charge in [0.2, 0.25) is 0 Å². The van der Waals surface area contributed by atoms with Crippen LogP contribution in [0.3, 0.4) is 0 Å². The summed E-state index contributed by atoms with van der Waals surface area (Å²) in [6.45, 7) is 11.5. The Labute approximate surface area is 113 Å². The average Bonchev–Trinajstić information content (AvgIpc) is 2.35. The van der Waals surface area contributed by atoms with E-state index in [2.05, 4.69) is 33.0 Å². The van der Waals surface area contributed by atoms with Crippen molar-refractivity contribution in [3.05, 3.63) is 0 Å². The fourth-order valence-corrected chi connectivity index (χ4v) is 1.91. The van der Waals surface area contributed by atoms with Crippen LogP contribution in [0.2, 0.25) is 0 Å². The predicted octanol–water partition coefficient (Wildman–Crippen LogP) is 2.97. The molecule has 1 unspecified atom stereocenters. The maximum absolute atomic E-state index is 9.41. The molecule has 0 amide bonds. The van der Waals surface area contributed by atoms with Crippen LogP contribution >= 0.6 is 0 Å². The first-order valence-electron chi connectivity index (χ1n) is 7.47. The van der Waals surface area contributed by atoms with Gasteiger partial charge in [-0.15, -0.1) is 0 Å². The minimum Gasteiger partial charge on any atom is -0.394 e. The van der Waals surface area contributed by atoms with Crippen LogP contribution in [0.5, 0.6) is 0 Å². The lowest BCUT2D eigenvalue weighted by atomic mass is 9.97. The summed E-state index contributed by atoms with van der Waals surface area (Å²) in [5, 5.41) is 12.8. The highest BCUT2D eigenvalue weighted by Crippen LogP contribution is 2.12. The van der Waals surface area contributed by atoms with E-state index in [0.29, 0.717) is 0 Å². The summed E-state index contributed by atoms with van der Waals surface area (Å²) in [6, 6.07) is 0. The van der Waals surface area contributed by atoms with E-state index in [-0.39, 0.29) is 12.1 Å². The van der Waals surface area contributed by atoms with Gasteiger partial charge < -0.3 is 15.2 Å². The van der Waals surface area contributed by atoms with Crippen LogP contribution in [0.15, 0.2) is 0 Å². The van der Waals surface area contributed by atoms with Gasteiger partial charge in [-0.1, -0.05) is 20.8 Å². The molecule has 0 saturated carbocycles. The summed E-state index contributed by atoms with van der Waals surface area (Å²) in [5.74, 6) is 0.768. The number of nitrogens with one attached hydrogen (secondary N) is 1. The molecule has 0 bridgehead atoms. The molecule has 0 rings (SSSR count). The first-order valence-corrected chi connectivity index (χ1v) is 7.47. The van der Waals surface area contributed by atoms with Gasteiger partial charge in [0.25, 0.3) is 0 Å². The van der Waals surface area contributed by atoms with Crippen LogP contribution in [0.25, 0.3) is 0 Å². The minimum atomic E-state index is -0.142. The molecular weight excluding hydrogens is 226 g/mol. The van der Waals surface area contributed by atoms with Gasteiger partial charge in [0.15, 0.2) is 0 Å². The van der Waals surface area contributed by atoms with E-state index >= 15 is 0 Å². The van der Waals surface area contributed by atoms with Gasteiger partial charge in [-0.25, -0.2) is 0 Å². The quantitative estimate of drug-likeness (QED) is 0.529. The molecule has 0 aliphatic rings. The van der Waals surface area contributed by atoms with Gasteiger partial charge in [0.05, 0.1) is 6.61 Å². The molecule has 0 aromatic carbocycles. The molecule has 0 aliphatic carbocycles. The molecule has 2 N–H and O–H groups in total. The predicted molar refractivity (Wildman–Crippen MR) is 77.9 cm³/mol. The Balaban J connectivity index is 3.50. The first-order chi connectivity index (χ1) is 8.54. The molecule has 0 saturated heterocycles. The molecule has 0 aromatic rings. The van der Waals surface area contributed by atoms with E-state index in [0.717, 1.165) is 51.4 Å². The second-order valence-electron chi connectivity index (χ2n) is 5.90. The van der Waals surface area contributed by atoms with Crippen molar-refractivity contribution in [1.82, 2.24) is 5.32 Å². The van der Waals surface area contributed by atoms with E-state index in [4.69, 9.17) is 4.74 Å². The first kappa shape index (κ1) is 17.9. The lowest BCUT2D eigenvalue weighted by molar-refractivity contribution is 0.106. The molecule has 3 nitrogen and oxygen atoms in total. The Kier molecular flexibility index (Phi) is 10.7. The largest absolute Gasteiger partial charge is 0.394 e. The molecule has 110 valence electrons. The maximum Gasteiger partial charge on any atom is 0.0610 e. The molecule has 3 heteroatoms. The topological polar surface area (TPSA) is 41.5 Å². The highest BCUT2D eigenvalue weighted by Gasteiger charge is 2.21. The lowest BCUT2D eigenvalue weighted by Crippen LogP contribution is -2.46. The van der Waals surface area contributed by atoms with Crippen molar-refractivity contribution in [2.24, 2.45) is 5.92 Å². The van der Waals surface area contributed by atoms with E-state index in [1.54, 1.807) is 0 Å².